The summed E-state index contributed by atoms with van der Waals surface area (Å²) in [6.07, 6.45) is 1.47. The van der Waals surface area contributed by atoms with Crippen LogP contribution in [0.1, 0.15) is 0 Å². The molecule has 0 amide bonds. The highest BCUT2D eigenvalue weighted by Crippen LogP contribution is 2.18. The van der Waals surface area contributed by atoms with Crippen molar-refractivity contribution in [3.63, 3.8) is 0 Å². The largest absolute Gasteiger partial charge is 0.424 e. The van der Waals surface area contributed by atoms with Gasteiger partial charge in [-0.15, -0.1) is 0 Å². The van der Waals surface area contributed by atoms with E-state index in [4.69, 9.17) is 10.5 Å². The summed E-state index contributed by atoms with van der Waals surface area (Å²) in [5, 5.41) is 0. The first-order chi connectivity index (χ1) is 7.24. The summed E-state index contributed by atoms with van der Waals surface area (Å²) in [4.78, 5) is 7.65. The van der Waals surface area contributed by atoms with E-state index >= 15 is 0 Å². The van der Waals surface area contributed by atoms with Crippen molar-refractivity contribution >= 4 is 5.82 Å². The molecule has 0 aliphatic rings. The number of ether oxygens (including phenoxy) is 1. The van der Waals surface area contributed by atoms with Gasteiger partial charge in [0, 0.05) is 12.3 Å². The average Bonchev–Trinajstić information content (AvgIpc) is 2.17. The van der Waals surface area contributed by atoms with Crippen molar-refractivity contribution in [1.82, 2.24) is 9.97 Å². The third kappa shape index (κ3) is 2.40. The molecule has 2 aromatic rings. The number of benzene rings is 1. The number of rotatable bonds is 2. The van der Waals surface area contributed by atoms with E-state index in [-0.39, 0.29) is 11.8 Å². The Morgan fingerprint density at radius 3 is 2.87 bits per heavy atom. The topological polar surface area (TPSA) is 61.0 Å². The Kier molecular flexibility index (Phi) is 2.45. The van der Waals surface area contributed by atoms with Gasteiger partial charge in [0.15, 0.2) is 0 Å². The van der Waals surface area contributed by atoms with Crippen molar-refractivity contribution in [2.45, 2.75) is 0 Å². The summed E-state index contributed by atoms with van der Waals surface area (Å²) in [7, 11) is 0. The molecular formula is C10H8FN3O. The summed E-state index contributed by atoms with van der Waals surface area (Å²) in [5.41, 5.74) is 5.44. The second-order valence-electron chi connectivity index (χ2n) is 2.82. The van der Waals surface area contributed by atoms with Crippen molar-refractivity contribution in [3.8, 4) is 11.8 Å². The number of aromatic nitrogens is 2. The van der Waals surface area contributed by atoms with Crippen LogP contribution in [0, 0.1) is 5.82 Å². The molecule has 0 saturated heterocycles. The Bertz CT molecular complexity index is 432. The van der Waals surface area contributed by atoms with Gasteiger partial charge in [-0.1, -0.05) is 6.07 Å². The maximum absolute atomic E-state index is 12.8. The first-order valence-electron chi connectivity index (χ1n) is 4.26. The Morgan fingerprint density at radius 2 is 2.13 bits per heavy atom. The summed E-state index contributed by atoms with van der Waals surface area (Å²) in [6, 6.07) is 7.35. The lowest BCUT2D eigenvalue weighted by Crippen LogP contribution is -1.95. The van der Waals surface area contributed by atoms with E-state index in [9.17, 15) is 4.39 Å². The molecule has 0 atom stereocenters. The van der Waals surface area contributed by atoms with Gasteiger partial charge in [-0.25, -0.2) is 9.37 Å². The average molecular weight is 205 g/mol. The van der Waals surface area contributed by atoms with Crippen LogP contribution in [0.4, 0.5) is 10.2 Å². The van der Waals surface area contributed by atoms with E-state index in [0.717, 1.165) is 0 Å². The lowest BCUT2D eigenvalue weighted by atomic mass is 10.3. The SMILES string of the molecule is Nc1ccnc(Oc2cccc(F)c2)n1. The Labute approximate surface area is 85.5 Å². The smallest absolute Gasteiger partial charge is 0.323 e. The molecule has 0 spiro atoms. The molecule has 15 heavy (non-hydrogen) atoms. The minimum Gasteiger partial charge on any atom is -0.424 e. The van der Waals surface area contributed by atoms with Gasteiger partial charge in [-0.05, 0) is 18.2 Å². The van der Waals surface area contributed by atoms with Crippen LogP contribution in [-0.4, -0.2) is 9.97 Å². The van der Waals surface area contributed by atoms with Gasteiger partial charge in [0.25, 0.3) is 0 Å². The third-order valence-electron chi connectivity index (χ3n) is 1.66. The number of nitrogens with zero attached hydrogens (tertiary/aromatic N) is 2. The molecule has 5 heteroatoms. The van der Waals surface area contributed by atoms with Crippen LogP contribution in [-0.2, 0) is 0 Å². The summed E-state index contributed by atoms with van der Waals surface area (Å²) in [6.45, 7) is 0. The van der Waals surface area contributed by atoms with E-state index in [1.165, 1.54) is 24.4 Å². The lowest BCUT2D eigenvalue weighted by molar-refractivity contribution is 0.439. The van der Waals surface area contributed by atoms with Crippen LogP contribution < -0.4 is 10.5 Å². The molecule has 0 fully saturated rings. The molecule has 2 N–H and O–H groups in total. The van der Waals surface area contributed by atoms with Gasteiger partial charge >= 0.3 is 6.01 Å². The molecule has 76 valence electrons. The zero-order valence-electron chi connectivity index (χ0n) is 7.72. The second-order valence-corrected chi connectivity index (χ2v) is 2.82. The first-order valence-corrected chi connectivity index (χ1v) is 4.26. The fourth-order valence-electron chi connectivity index (χ4n) is 1.04. The molecular weight excluding hydrogens is 197 g/mol. The zero-order valence-corrected chi connectivity index (χ0v) is 7.72. The number of hydrogen-bond acceptors (Lipinski definition) is 4. The van der Waals surface area contributed by atoms with Gasteiger partial charge in [0.1, 0.15) is 17.4 Å². The second kappa shape index (κ2) is 3.91. The van der Waals surface area contributed by atoms with Crippen LogP contribution in [0.2, 0.25) is 0 Å². The molecule has 0 unspecified atom stereocenters. The fraction of sp³-hybridized carbons (Fsp3) is 0. The maximum Gasteiger partial charge on any atom is 0.323 e. The summed E-state index contributed by atoms with van der Waals surface area (Å²) in [5.74, 6) is 0.258. The highest BCUT2D eigenvalue weighted by molar-refractivity contribution is 5.29. The number of halogens is 1. The third-order valence-corrected chi connectivity index (χ3v) is 1.66. The van der Waals surface area contributed by atoms with Gasteiger partial charge in [-0.2, -0.15) is 4.98 Å². The zero-order chi connectivity index (χ0) is 10.7. The van der Waals surface area contributed by atoms with Gasteiger partial charge < -0.3 is 10.5 Å². The quantitative estimate of drug-likeness (QED) is 0.814. The molecule has 2 rings (SSSR count). The summed E-state index contributed by atoms with van der Waals surface area (Å²) < 4.78 is 18.0. The predicted molar refractivity (Wildman–Crippen MR) is 52.9 cm³/mol. The monoisotopic (exact) mass is 205 g/mol. The van der Waals surface area contributed by atoms with Gasteiger partial charge in [-0.3, -0.25) is 0 Å². The van der Waals surface area contributed by atoms with Crippen molar-refractivity contribution < 1.29 is 9.13 Å². The molecule has 4 nitrogen and oxygen atoms in total. The minimum absolute atomic E-state index is 0.0978. The number of anilines is 1. The Balaban J connectivity index is 2.22. The highest BCUT2D eigenvalue weighted by atomic mass is 19.1. The van der Waals surface area contributed by atoms with Crippen LogP contribution in [0.5, 0.6) is 11.8 Å². The lowest BCUT2D eigenvalue weighted by Gasteiger charge is -2.03. The van der Waals surface area contributed by atoms with E-state index in [1.54, 1.807) is 12.1 Å². The normalized spacial score (nSPS) is 9.93. The molecule has 0 aliphatic heterocycles. The number of hydrogen-bond donors (Lipinski definition) is 1. The molecule has 0 radical (unpaired) electrons. The summed E-state index contributed by atoms with van der Waals surface area (Å²) >= 11 is 0. The Hall–Kier alpha value is -2.17. The van der Waals surface area contributed by atoms with E-state index in [0.29, 0.717) is 11.6 Å². The van der Waals surface area contributed by atoms with Crippen molar-refractivity contribution in [1.29, 1.82) is 0 Å². The standard InChI is InChI=1S/C10H8FN3O/c11-7-2-1-3-8(6-7)15-10-13-5-4-9(12)14-10/h1-6H,(H2,12,13,14). The number of nitrogens with two attached hydrogens (primary N) is 1. The van der Waals surface area contributed by atoms with Crippen LogP contribution in [0.25, 0.3) is 0 Å². The molecule has 1 aromatic carbocycles. The van der Waals surface area contributed by atoms with Crippen LogP contribution in [0.3, 0.4) is 0 Å². The Morgan fingerprint density at radius 1 is 1.27 bits per heavy atom. The van der Waals surface area contributed by atoms with Crippen LogP contribution in [0.15, 0.2) is 36.5 Å². The molecule has 1 heterocycles. The van der Waals surface area contributed by atoms with E-state index in [2.05, 4.69) is 9.97 Å². The predicted octanol–water partition coefficient (Wildman–Crippen LogP) is 1.99. The van der Waals surface area contributed by atoms with Gasteiger partial charge in [0.2, 0.25) is 0 Å². The number of nitrogen functional groups attached to an aromatic ring is 1. The van der Waals surface area contributed by atoms with Gasteiger partial charge in [0.05, 0.1) is 0 Å². The maximum atomic E-state index is 12.8. The fourth-order valence-corrected chi connectivity index (χ4v) is 1.04. The van der Waals surface area contributed by atoms with Crippen molar-refractivity contribution in [2.75, 3.05) is 5.73 Å². The van der Waals surface area contributed by atoms with E-state index < -0.39 is 0 Å². The molecule has 0 bridgehead atoms. The first kappa shape index (κ1) is 9.39. The molecule has 0 aliphatic carbocycles. The minimum atomic E-state index is -0.378. The highest BCUT2D eigenvalue weighted by Gasteiger charge is 2.01. The van der Waals surface area contributed by atoms with Crippen molar-refractivity contribution in [3.05, 3.63) is 42.3 Å². The van der Waals surface area contributed by atoms with Crippen molar-refractivity contribution in [2.24, 2.45) is 0 Å². The van der Waals surface area contributed by atoms with Crippen LogP contribution >= 0.6 is 0 Å². The van der Waals surface area contributed by atoms with E-state index in [1.807, 2.05) is 0 Å². The molecule has 1 aromatic heterocycles. The molecule has 0 saturated carbocycles.